The molecular weight excluding hydrogens is 318 g/mol. The molecule has 0 amide bonds. The highest BCUT2D eigenvalue weighted by molar-refractivity contribution is 7.10. The summed E-state index contributed by atoms with van der Waals surface area (Å²) in [5.41, 5.74) is 11.6. The van der Waals surface area contributed by atoms with Crippen LogP contribution in [0.5, 0.6) is 0 Å². The molecule has 24 heavy (non-hydrogen) atoms. The lowest BCUT2D eigenvalue weighted by Gasteiger charge is -2.06. The van der Waals surface area contributed by atoms with E-state index in [2.05, 4.69) is 34.2 Å². The van der Waals surface area contributed by atoms with Crippen LogP contribution in [0, 0.1) is 13.8 Å². The zero-order chi connectivity index (χ0) is 17.1. The predicted molar refractivity (Wildman–Crippen MR) is 98.0 cm³/mol. The van der Waals surface area contributed by atoms with Gasteiger partial charge in [0, 0.05) is 22.3 Å². The number of hydrogen-bond donors (Lipinski definition) is 1. The summed E-state index contributed by atoms with van der Waals surface area (Å²) in [6, 6.07) is 12.4. The smallest absolute Gasteiger partial charge is 0.153 e. The average molecular weight is 337 g/mol. The Balaban J connectivity index is 1.92. The van der Waals surface area contributed by atoms with Crippen molar-refractivity contribution in [2.75, 3.05) is 6.54 Å². The van der Waals surface area contributed by atoms with E-state index in [1.54, 1.807) is 0 Å². The van der Waals surface area contributed by atoms with E-state index < -0.39 is 0 Å². The Morgan fingerprint density at radius 1 is 1.04 bits per heavy atom. The first-order valence-electron chi connectivity index (χ1n) is 7.77. The Labute approximate surface area is 145 Å². The van der Waals surface area contributed by atoms with Crippen LogP contribution in [0.1, 0.15) is 16.4 Å². The number of nitrogens with zero attached hydrogens (tertiary/aromatic N) is 2. The first-order chi connectivity index (χ1) is 11.5. The summed E-state index contributed by atoms with van der Waals surface area (Å²) in [5.74, 6) is 0.00684. The second-order valence-electron chi connectivity index (χ2n) is 5.77. The summed E-state index contributed by atoms with van der Waals surface area (Å²) in [5, 5.41) is 2.79. The fourth-order valence-electron chi connectivity index (χ4n) is 2.62. The van der Waals surface area contributed by atoms with Gasteiger partial charge in [-0.25, -0.2) is 4.98 Å². The van der Waals surface area contributed by atoms with E-state index >= 15 is 0 Å². The van der Waals surface area contributed by atoms with Crippen LogP contribution in [-0.4, -0.2) is 22.3 Å². The number of hydrogen-bond acceptors (Lipinski definition) is 5. The maximum Gasteiger partial charge on any atom is 0.153 e. The fourth-order valence-corrected chi connectivity index (χ4v) is 3.46. The van der Waals surface area contributed by atoms with Crippen LogP contribution in [0.2, 0.25) is 0 Å². The second-order valence-corrected chi connectivity index (χ2v) is 6.71. The number of benzene rings is 1. The van der Waals surface area contributed by atoms with Crippen LogP contribution in [0.4, 0.5) is 0 Å². The number of carbonyl (C=O) groups is 1. The molecule has 0 spiro atoms. The maximum absolute atomic E-state index is 11.5. The topological polar surface area (TPSA) is 68.9 Å². The summed E-state index contributed by atoms with van der Waals surface area (Å²) in [7, 11) is 0. The number of ketones is 1. The van der Waals surface area contributed by atoms with Crippen molar-refractivity contribution in [3.8, 4) is 22.4 Å². The van der Waals surface area contributed by atoms with Gasteiger partial charge in [0.05, 0.1) is 18.7 Å². The Hall–Kier alpha value is -2.37. The summed E-state index contributed by atoms with van der Waals surface area (Å²) in [4.78, 5) is 20.5. The summed E-state index contributed by atoms with van der Waals surface area (Å²) in [6.07, 6.45) is 0.309. The number of Topliss-reactive ketones (excluding diaryl/α,β-unsaturated/α-hetero) is 1. The summed E-state index contributed by atoms with van der Waals surface area (Å²) in [6.45, 7) is 4.06. The minimum atomic E-state index is 0.00684. The van der Waals surface area contributed by atoms with Gasteiger partial charge in [-0.2, -0.15) is 0 Å². The molecule has 0 unspecified atom stereocenters. The minimum absolute atomic E-state index is 0.00684. The van der Waals surface area contributed by atoms with E-state index in [1.165, 1.54) is 11.3 Å². The van der Waals surface area contributed by atoms with Gasteiger partial charge in [0.1, 0.15) is 5.01 Å². The van der Waals surface area contributed by atoms with Crippen LogP contribution in [0.3, 0.4) is 0 Å². The highest BCUT2D eigenvalue weighted by atomic mass is 32.1. The number of rotatable bonds is 5. The molecule has 0 saturated carbocycles. The van der Waals surface area contributed by atoms with E-state index in [0.29, 0.717) is 6.42 Å². The third kappa shape index (κ3) is 3.75. The lowest BCUT2D eigenvalue weighted by molar-refractivity contribution is -0.117. The van der Waals surface area contributed by atoms with E-state index in [4.69, 9.17) is 5.73 Å². The standard InChI is InChI=1S/C19H19N3OS/c1-12-6-16(7-13(2)21-12)14-4-3-5-15(8-14)18-11-24-19(22-18)9-17(23)10-20/h3-8,11H,9-10,20H2,1-2H3. The molecule has 0 bridgehead atoms. The van der Waals surface area contributed by atoms with Crippen molar-refractivity contribution in [1.29, 1.82) is 0 Å². The molecule has 0 fully saturated rings. The monoisotopic (exact) mass is 337 g/mol. The van der Waals surface area contributed by atoms with Gasteiger partial charge in [-0.1, -0.05) is 18.2 Å². The molecule has 0 aliphatic heterocycles. The third-order valence-electron chi connectivity index (χ3n) is 3.70. The van der Waals surface area contributed by atoms with Crippen molar-refractivity contribution in [3.05, 3.63) is 58.2 Å². The molecule has 3 rings (SSSR count). The maximum atomic E-state index is 11.5. The van der Waals surface area contributed by atoms with Gasteiger partial charge in [-0.15, -0.1) is 11.3 Å². The Bertz CT molecular complexity index is 866. The van der Waals surface area contributed by atoms with Crippen LogP contribution in [0.15, 0.2) is 41.8 Å². The molecule has 2 aromatic heterocycles. The van der Waals surface area contributed by atoms with Crippen molar-refractivity contribution < 1.29 is 4.79 Å². The van der Waals surface area contributed by atoms with E-state index in [0.717, 1.165) is 38.8 Å². The van der Waals surface area contributed by atoms with Gasteiger partial charge in [0.25, 0.3) is 0 Å². The van der Waals surface area contributed by atoms with Gasteiger partial charge < -0.3 is 5.73 Å². The van der Waals surface area contributed by atoms with Crippen LogP contribution in [0.25, 0.3) is 22.4 Å². The minimum Gasteiger partial charge on any atom is -0.324 e. The Kier molecular flexibility index (Phi) is 4.83. The number of carbonyl (C=O) groups excluding carboxylic acids is 1. The molecule has 2 heterocycles. The number of pyridine rings is 1. The molecule has 2 N–H and O–H groups in total. The molecule has 0 radical (unpaired) electrons. The van der Waals surface area contributed by atoms with Crippen LogP contribution >= 0.6 is 11.3 Å². The fraction of sp³-hybridized carbons (Fsp3) is 0.211. The third-order valence-corrected chi connectivity index (χ3v) is 4.55. The van der Waals surface area contributed by atoms with E-state index in [1.807, 2.05) is 31.4 Å². The van der Waals surface area contributed by atoms with Gasteiger partial charge in [0.2, 0.25) is 0 Å². The van der Waals surface area contributed by atoms with Crippen molar-refractivity contribution in [1.82, 2.24) is 9.97 Å². The molecule has 3 aromatic rings. The normalized spacial score (nSPS) is 10.8. The molecule has 0 aliphatic rings. The molecule has 5 heteroatoms. The van der Waals surface area contributed by atoms with Gasteiger partial charge in [-0.3, -0.25) is 9.78 Å². The van der Waals surface area contributed by atoms with Crippen molar-refractivity contribution in [2.45, 2.75) is 20.3 Å². The van der Waals surface area contributed by atoms with Gasteiger partial charge in [0.15, 0.2) is 5.78 Å². The average Bonchev–Trinajstić information content (AvgIpc) is 3.02. The first-order valence-corrected chi connectivity index (χ1v) is 8.65. The van der Waals surface area contributed by atoms with Gasteiger partial charge >= 0.3 is 0 Å². The molecule has 1 aromatic carbocycles. The molecule has 122 valence electrons. The molecule has 4 nitrogen and oxygen atoms in total. The Morgan fingerprint density at radius 3 is 2.46 bits per heavy atom. The lowest BCUT2D eigenvalue weighted by atomic mass is 10.0. The van der Waals surface area contributed by atoms with Crippen LogP contribution in [-0.2, 0) is 11.2 Å². The first kappa shape index (κ1) is 16.5. The quantitative estimate of drug-likeness (QED) is 0.773. The van der Waals surface area contributed by atoms with Crippen molar-refractivity contribution in [2.24, 2.45) is 5.73 Å². The molecule has 0 saturated heterocycles. The van der Waals surface area contributed by atoms with Crippen LogP contribution < -0.4 is 5.73 Å². The number of aromatic nitrogens is 2. The molecule has 0 atom stereocenters. The largest absolute Gasteiger partial charge is 0.324 e. The van der Waals surface area contributed by atoms with E-state index in [9.17, 15) is 4.79 Å². The summed E-state index contributed by atoms with van der Waals surface area (Å²) < 4.78 is 0. The number of aryl methyl sites for hydroxylation is 2. The van der Waals surface area contributed by atoms with Gasteiger partial charge in [-0.05, 0) is 43.2 Å². The molecular formula is C19H19N3OS. The highest BCUT2D eigenvalue weighted by Gasteiger charge is 2.09. The zero-order valence-electron chi connectivity index (χ0n) is 13.7. The second kappa shape index (κ2) is 7.03. The molecule has 0 aliphatic carbocycles. The number of thiazole rings is 1. The zero-order valence-corrected chi connectivity index (χ0v) is 14.6. The predicted octanol–water partition coefficient (Wildman–Crippen LogP) is 3.56. The SMILES string of the molecule is Cc1cc(-c2cccc(-c3csc(CC(=O)CN)n3)c2)cc(C)n1. The van der Waals surface area contributed by atoms with Crippen molar-refractivity contribution >= 4 is 17.1 Å². The lowest BCUT2D eigenvalue weighted by Crippen LogP contribution is -2.15. The van der Waals surface area contributed by atoms with Crippen molar-refractivity contribution in [3.63, 3.8) is 0 Å². The Morgan fingerprint density at radius 2 is 1.75 bits per heavy atom. The van der Waals surface area contributed by atoms with E-state index in [-0.39, 0.29) is 12.3 Å². The number of nitrogens with two attached hydrogens (primary N) is 1. The summed E-state index contributed by atoms with van der Waals surface area (Å²) >= 11 is 1.50. The highest BCUT2D eigenvalue weighted by Crippen LogP contribution is 2.28.